The predicted octanol–water partition coefficient (Wildman–Crippen LogP) is 1.81. The first kappa shape index (κ1) is 11.5. The highest BCUT2D eigenvalue weighted by molar-refractivity contribution is 14.1. The molecule has 0 radical (unpaired) electrons. The standard InChI is InChI=1S/C10H11ClIN5/c11-6-4-15-10(13)7-8(6)17(16-9(7)12)5-1-2-14-3-5/h4-5,14H,1-3H2,(H2,13,15)/t5-/m0/s1. The molecule has 0 aliphatic carbocycles. The van der Waals surface area contributed by atoms with Crippen molar-refractivity contribution in [1.82, 2.24) is 20.1 Å². The van der Waals surface area contributed by atoms with Crippen LogP contribution in [0.4, 0.5) is 5.82 Å². The lowest BCUT2D eigenvalue weighted by Gasteiger charge is -2.11. The van der Waals surface area contributed by atoms with E-state index < -0.39 is 0 Å². The fourth-order valence-corrected chi connectivity index (χ4v) is 3.22. The van der Waals surface area contributed by atoms with Gasteiger partial charge in [-0.2, -0.15) is 5.10 Å². The monoisotopic (exact) mass is 363 g/mol. The van der Waals surface area contributed by atoms with Gasteiger partial charge in [0.1, 0.15) is 9.52 Å². The van der Waals surface area contributed by atoms with Crippen molar-refractivity contribution in [3.05, 3.63) is 14.9 Å². The number of hydrogen-bond donors (Lipinski definition) is 2. The topological polar surface area (TPSA) is 68.8 Å². The van der Waals surface area contributed by atoms with E-state index in [1.165, 1.54) is 0 Å². The Hall–Kier alpha value is -0.600. The highest BCUT2D eigenvalue weighted by Crippen LogP contribution is 2.33. The van der Waals surface area contributed by atoms with Gasteiger partial charge in [0, 0.05) is 6.54 Å². The molecule has 5 nitrogen and oxygen atoms in total. The minimum absolute atomic E-state index is 0.348. The van der Waals surface area contributed by atoms with Crippen molar-refractivity contribution in [2.24, 2.45) is 0 Å². The summed E-state index contributed by atoms with van der Waals surface area (Å²) in [6.07, 6.45) is 2.65. The van der Waals surface area contributed by atoms with Gasteiger partial charge < -0.3 is 11.1 Å². The van der Waals surface area contributed by atoms with Gasteiger partial charge in [-0.25, -0.2) is 4.98 Å². The van der Waals surface area contributed by atoms with E-state index in [2.05, 4.69) is 38.0 Å². The van der Waals surface area contributed by atoms with Gasteiger partial charge in [-0.1, -0.05) is 11.6 Å². The molecule has 0 spiro atoms. The number of nitrogens with one attached hydrogen (secondary N) is 1. The second-order valence-corrected chi connectivity index (χ2v) is 5.53. The van der Waals surface area contributed by atoms with Gasteiger partial charge in [0.25, 0.3) is 0 Å². The quantitative estimate of drug-likeness (QED) is 0.758. The summed E-state index contributed by atoms with van der Waals surface area (Å²) in [6, 6.07) is 0.348. The van der Waals surface area contributed by atoms with Crippen molar-refractivity contribution in [3.63, 3.8) is 0 Å². The summed E-state index contributed by atoms with van der Waals surface area (Å²) in [7, 11) is 0. The highest BCUT2D eigenvalue weighted by atomic mass is 127. The molecule has 3 heterocycles. The average molecular weight is 364 g/mol. The van der Waals surface area contributed by atoms with Gasteiger partial charge in [-0.3, -0.25) is 4.68 Å². The maximum atomic E-state index is 6.22. The first-order valence-corrected chi connectivity index (χ1v) is 6.82. The van der Waals surface area contributed by atoms with Gasteiger partial charge >= 0.3 is 0 Å². The molecule has 1 aliphatic rings. The molecule has 2 aromatic rings. The zero-order chi connectivity index (χ0) is 12.0. The van der Waals surface area contributed by atoms with Gasteiger partial charge in [-0.15, -0.1) is 0 Å². The average Bonchev–Trinajstić information content (AvgIpc) is 2.91. The van der Waals surface area contributed by atoms with Crippen molar-refractivity contribution < 1.29 is 0 Å². The third kappa shape index (κ3) is 1.78. The Kier molecular flexibility index (Phi) is 2.87. The number of nitrogens with zero attached hydrogens (tertiary/aromatic N) is 3. The summed E-state index contributed by atoms with van der Waals surface area (Å²) in [5.74, 6) is 0.492. The zero-order valence-corrected chi connectivity index (χ0v) is 11.9. The maximum absolute atomic E-state index is 6.22. The Balaban J connectivity index is 2.28. The smallest absolute Gasteiger partial charge is 0.135 e. The Morgan fingerprint density at radius 3 is 3.12 bits per heavy atom. The summed E-state index contributed by atoms with van der Waals surface area (Å²) in [6.45, 7) is 1.94. The zero-order valence-electron chi connectivity index (χ0n) is 8.95. The van der Waals surface area contributed by atoms with Gasteiger partial charge in [0.05, 0.1) is 28.2 Å². The minimum atomic E-state index is 0.348. The highest BCUT2D eigenvalue weighted by Gasteiger charge is 2.23. The predicted molar refractivity (Wildman–Crippen MR) is 76.2 cm³/mol. The van der Waals surface area contributed by atoms with Crippen LogP contribution in [-0.2, 0) is 0 Å². The molecule has 0 saturated carbocycles. The molecular formula is C10H11ClIN5. The molecule has 0 amide bonds. The second-order valence-electron chi connectivity index (χ2n) is 4.10. The fourth-order valence-electron chi connectivity index (χ4n) is 2.23. The number of aromatic nitrogens is 3. The van der Waals surface area contributed by atoms with E-state index in [1.807, 2.05) is 4.68 Å². The Morgan fingerprint density at radius 1 is 1.59 bits per heavy atom. The van der Waals surface area contributed by atoms with Crippen molar-refractivity contribution in [2.75, 3.05) is 18.8 Å². The molecule has 2 aromatic heterocycles. The normalized spacial score (nSPS) is 20.2. The Bertz CT molecular complexity index is 576. The van der Waals surface area contributed by atoms with E-state index in [4.69, 9.17) is 17.3 Å². The largest absolute Gasteiger partial charge is 0.383 e. The number of nitrogens with two attached hydrogens (primary N) is 1. The summed E-state index contributed by atoms with van der Waals surface area (Å²) < 4.78 is 2.84. The van der Waals surface area contributed by atoms with Crippen molar-refractivity contribution in [1.29, 1.82) is 0 Å². The van der Waals surface area contributed by atoms with Crippen LogP contribution in [0.15, 0.2) is 6.20 Å². The lowest BCUT2D eigenvalue weighted by Crippen LogP contribution is -2.14. The Morgan fingerprint density at radius 2 is 2.41 bits per heavy atom. The van der Waals surface area contributed by atoms with E-state index in [0.29, 0.717) is 16.9 Å². The summed E-state index contributed by atoms with van der Waals surface area (Å²) in [5.41, 5.74) is 6.79. The molecule has 0 aromatic carbocycles. The van der Waals surface area contributed by atoms with E-state index in [-0.39, 0.29) is 0 Å². The molecule has 90 valence electrons. The lowest BCUT2D eigenvalue weighted by molar-refractivity contribution is 0.504. The minimum Gasteiger partial charge on any atom is -0.383 e. The van der Waals surface area contributed by atoms with E-state index in [9.17, 15) is 0 Å². The van der Waals surface area contributed by atoms with E-state index in [1.54, 1.807) is 6.20 Å². The molecule has 1 atom stereocenters. The third-order valence-corrected chi connectivity index (χ3v) is 4.08. The van der Waals surface area contributed by atoms with Crippen molar-refractivity contribution in [3.8, 4) is 0 Å². The first-order chi connectivity index (χ1) is 8.18. The van der Waals surface area contributed by atoms with Crippen molar-refractivity contribution >= 4 is 50.9 Å². The fraction of sp³-hybridized carbons (Fsp3) is 0.400. The number of halogens is 2. The van der Waals surface area contributed by atoms with Crippen LogP contribution in [0, 0.1) is 3.70 Å². The molecule has 1 saturated heterocycles. The molecule has 3 rings (SSSR count). The molecule has 1 aliphatic heterocycles. The number of nitrogen functional groups attached to an aromatic ring is 1. The molecule has 0 bridgehead atoms. The number of anilines is 1. The van der Waals surface area contributed by atoms with Crippen LogP contribution in [0.2, 0.25) is 5.02 Å². The molecule has 0 unspecified atom stereocenters. The molecule has 17 heavy (non-hydrogen) atoms. The van der Waals surface area contributed by atoms with Crippen LogP contribution in [-0.4, -0.2) is 27.9 Å². The summed E-state index contributed by atoms with van der Waals surface area (Å²) >= 11 is 8.40. The number of rotatable bonds is 1. The van der Waals surface area contributed by atoms with Crippen LogP contribution in [0.5, 0.6) is 0 Å². The first-order valence-electron chi connectivity index (χ1n) is 5.37. The lowest BCUT2D eigenvalue weighted by atomic mass is 10.2. The van der Waals surface area contributed by atoms with Gasteiger partial charge in [0.15, 0.2) is 0 Å². The van der Waals surface area contributed by atoms with Crippen LogP contribution in [0.1, 0.15) is 12.5 Å². The van der Waals surface area contributed by atoms with Gasteiger partial charge in [0.2, 0.25) is 0 Å². The van der Waals surface area contributed by atoms with Crippen LogP contribution in [0.3, 0.4) is 0 Å². The molecule has 7 heteroatoms. The molecule has 1 fully saturated rings. The van der Waals surface area contributed by atoms with Crippen LogP contribution < -0.4 is 11.1 Å². The van der Waals surface area contributed by atoms with Gasteiger partial charge in [-0.05, 0) is 35.6 Å². The van der Waals surface area contributed by atoms with E-state index >= 15 is 0 Å². The Labute approximate surface area is 117 Å². The van der Waals surface area contributed by atoms with Crippen molar-refractivity contribution in [2.45, 2.75) is 12.5 Å². The molecule has 3 N–H and O–H groups in total. The van der Waals surface area contributed by atoms with Crippen LogP contribution >= 0.6 is 34.2 Å². The van der Waals surface area contributed by atoms with Crippen LogP contribution in [0.25, 0.3) is 10.9 Å². The summed E-state index contributed by atoms with van der Waals surface area (Å²) in [4.78, 5) is 4.08. The third-order valence-electron chi connectivity index (χ3n) is 3.05. The summed E-state index contributed by atoms with van der Waals surface area (Å²) in [5, 5.41) is 9.35. The number of fused-ring (bicyclic) bond motifs is 1. The number of hydrogen-bond acceptors (Lipinski definition) is 4. The maximum Gasteiger partial charge on any atom is 0.135 e. The number of pyridine rings is 1. The molecular weight excluding hydrogens is 353 g/mol. The SMILES string of the molecule is Nc1ncc(Cl)c2c1c(I)nn2[C@H]1CCNC1. The van der Waals surface area contributed by atoms with E-state index in [0.717, 1.165) is 34.1 Å². The second kappa shape index (κ2) is 4.25.